The number of nitrogens with one attached hydrogen (secondary N) is 1. The van der Waals surface area contributed by atoms with Crippen molar-refractivity contribution in [1.82, 2.24) is 0 Å². The summed E-state index contributed by atoms with van der Waals surface area (Å²) in [6, 6.07) is 12.1. The molecule has 2 aromatic carbocycles. The standard InChI is InChI=1S/C27H30BrNO4S/c1-5-19-10-12-23(22(28)15-19)33-13-7-8-24(30)29-26-25(27(31)32-6-2)21(16-34-26)20-11-9-17(3)18(4)14-20/h9-12,14-16H,5-8,13H2,1-4H3,(H,29,30). The molecule has 1 N–H and O–H groups in total. The smallest absolute Gasteiger partial charge is 0.341 e. The summed E-state index contributed by atoms with van der Waals surface area (Å²) < 4.78 is 12.0. The quantitative estimate of drug-likeness (QED) is 0.214. The number of carbonyl (C=O) groups excluding carboxylic acids is 2. The highest BCUT2D eigenvalue weighted by molar-refractivity contribution is 9.10. The number of carbonyl (C=O) groups is 2. The van der Waals surface area contributed by atoms with Crippen molar-refractivity contribution in [1.29, 1.82) is 0 Å². The number of hydrogen-bond donors (Lipinski definition) is 1. The number of hydrogen-bond acceptors (Lipinski definition) is 5. The Labute approximate surface area is 213 Å². The molecule has 0 unspecified atom stereocenters. The van der Waals surface area contributed by atoms with E-state index in [1.165, 1.54) is 22.5 Å². The zero-order chi connectivity index (χ0) is 24.7. The largest absolute Gasteiger partial charge is 0.492 e. The van der Waals surface area contributed by atoms with Crippen molar-refractivity contribution in [2.75, 3.05) is 18.5 Å². The third-order valence-corrected chi connectivity index (χ3v) is 7.07. The van der Waals surface area contributed by atoms with Crippen molar-refractivity contribution in [2.24, 2.45) is 0 Å². The maximum absolute atomic E-state index is 12.8. The van der Waals surface area contributed by atoms with E-state index in [0.29, 0.717) is 23.6 Å². The van der Waals surface area contributed by atoms with E-state index in [1.54, 1.807) is 6.92 Å². The molecule has 3 aromatic rings. The summed E-state index contributed by atoms with van der Waals surface area (Å²) in [5.74, 6) is 0.164. The average Bonchev–Trinajstić information content (AvgIpc) is 3.23. The molecular formula is C27H30BrNO4S. The van der Waals surface area contributed by atoms with Crippen LogP contribution in [0.1, 0.15) is 53.7 Å². The molecule has 0 saturated carbocycles. The van der Waals surface area contributed by atoms with Gasteiger partial charge in [0.15, 0.2) is 0 Å². The summed E-state index contributed by atoms with van der Waals surface area (Å²) in [4.78, 5) is 25.4. The Hall–Kier alpha value is -2.64. The van der Waals surface area contributed by atoms with Gasteiger partial charge in [0.25, 0.3) is 0 Å². The number of halogens is 1. The van der Waals surface area contributed by atoms with E-state index in [-0.39, 0.29) is 18.9 Å². The highest BCUT2D eigenvalue weighted by Gasteiger charge is 2.23. The average molecular weight is 545 g/mol. The van der Waals surface area contributed by atoms with Crippen LogP contribution >= 0.6 is 27.3 Å². The summed E-state index contributed by atoms with van der Waals surface area (Å²) in [6.07, 6.45) is 1.79. The number of esters is 1. The molecule has 0 aliphatic heterocycles. The number of anilines is 1. The van der Waals surface area contributed by atoms with E-state index >= 15 is 0 Å². The summed E-state index contributed by atoms with van der Waals surface area (Å²) in [5.41, 5.74) is 5.65. The van der Waals surface area contributed by atoms with E-state index in [1.807, 2.05) is 55.6 Å². The molecule has 5 nitrogen and oxygen atoms in total. The molecule has 1 aromatic heterocycles. The van der Waals surface area contributed by atoms with Gasteiger partial charge < -0.3 is 14.8 Å². The Kier molecular flexibility index (Phi) is 9.30. The van der Waals surface area contributed by atoms with Crippen LogP contribution in [0.2, 0.25) is 0 Å². The molecule has 1 amide bonds. The molecule has 0 atom stereocenters. The summed E-state index contributed by atoms with van der Waals surface area (Å²) in [5, 5.41) is 5.31. The first-order chi connectivity index (χ1) is 16.3. The minimum atomic E-state index is -0.434. The number of thiophene rings is 1. The molecule has 7 heteroatoms. The predicted octanol–water partition coefficient (Wildman–Crippen LogP) is 7.33. The fraction of sp³-hybridized carbons (Fsp3) is 0.333. The summed E-state index contributed by atoms with van der Waals surface area (Å²) in [7, 11) is 0. The third kappa shape index (κ3) is 6.48. The molecule has 0 aliphatic rings. The number of ether oxygens (including phenoxy) is 2. The lowest BCUT2D eigenvalue weighted by Gasteiger charge is -2.11. The monoisotopic (exact) mass is 543 g/mol. The third-order valence-electron chi connectivity index (χ3n) is 5.55. The topological polar surface area (TPSA) is 64.6 Å². The molecule has 180 valence electrons. The van der Waals surface area contributed by atoms with Gasteiger partial charge in [0.2, 0.25) is 5.91 Å². The zero-order valence-corrected chi connectivity index (χ0v) is 22.4. The van der Waals surface area contributed by atoms with Crippen LogP contribution in [0.3, 0.4) is 0 Å². The van der Waals surface area contributed by atoms with Crippen molar-refractivity contribution >= 4 is 44.1 Å². The van der Waals surface area contributed by atoms with Crippen molar-refractivity contribution in [3.63, 3.8) is 0 Å². The molecular weight excluding hydrogens is 514 g/mol. The van der Waals surface area contributed by atoms with Crippen LogP contribution in [0, 0.1) is 13.8 Å². The minimum Gasteiger partial charge on any atom is -0.492 e. The Morgan fingerprint density at radius 2 is 1.85 bits per heavy atom. The van der Waals surface area contributed by atoms with Crippen molar-refractivity contribution < 1.29 is 19.1 Å². The minimum absolute atomic E-state index is 0.164. The van der Waals surface area contributed by atoms with E-state index in [2.05, 4.69) is 28.2 Å². The van der Waals surface area contributed by atoms with Crippen LogP contribution < -0.4 is 10.1 Å². The van der Waals surface area contributed by atoms with Crippen LogP contribution in [0.25, 0.3) is 11.1 Å². The highest BCUT2D eigenvalue weighted by atomic mass is 79.9. The maximum atomic E-state index is 12.8. The van der Waals surface area contributed by atoms with Gasteiger partial charge in [-0.3, -0.25) is 4.79 Å². The van der Waals surface area contributed by atoms with Crippen LogP contribution in [0.5, 0.6) is 5.75 Å². The van der Waals surface area contributed by atoms with Gasteiger partial charge in [0.1, 0.15) is 16.3 Å². The normalized spacial score (nSPS) is 10.7. The van der Waals surface area contributed by atoms with Crippen molar-refractivity contribution in [3.05, 3.63) is 68.5 Å². The molecule has 0 fully saturated rings. The SMILES string of the molecule is CCOC(=O)c1c(-c2ccc(C)c(C)c2)csc1NC(=O)CCCOc1ccc(CC)cc1Br. The van der Waals surface area contributed by atoms with E-state index in [9.17, 15) is 9.59 Å². The number of rotatable bonds is 10. The Balaban J connectivity index is 1.66. The van der Waals surface area contributed by atoms with Crippen molar-refractivity contribution in [2.45, 2.75) is 47.0 Å². The van der Waals surface area contributed by atoms with Crippen LogP contribution in [-0.2, 0) is 16.0 Å². The van der Waals surface area contributed by atoms with Crippen LogP contribution in [-0.4, -0.2) is 25.1 Å². The Bertz CT molecular complexity index is 1170. The lowest BCUT2D eigenvalue weighted by Crippen LogP contribution is -2.15. The Morgan fingerprint density at radius 3 is 2.53 bits per heavy atom. The van der Waals surface area contributed by atoms with Gasteiger partial charge in [-0.05, 0) is 83.9 Å². The van der Waals surface area contributed by atoms with Gasteiger partial charge >= 0.3 is 5.97 Å². The predicted molar refractivity (Wildman–Crippen MR) is 142 cm³/mol. The molecule has 0 aliphatic carbocycles. The first-order valence-corrected chi connectivity index (χ1v) is 13.1. The fourth-order valence-corrected chi connectivity index (χ4v) is 4.98. The van der Waals surface area contributed by atoms with Crippen LogP contribution in [0.4, 0.5) is 5.00 Å². The van der Waals surface area contributed by atoms with Gasteiger partial charge in [0.05, 0.1) is 17.7 Å². The highest BCUT2D eigenvalue weighted by Crippen LogP contribution is 2.37. The first-order valence-electron chi connectivity index (χ1n) is 11.4. The van der Waals surface area contributed by atoms with Crippen molar-refractivity contribution in [3.8, 4) is 16.9 Å². The Morgan fingerprint density at radius 1 is 1.06 bits per heavy atom. The molecule has 34 heavy (non-hydrogen) atoms. The van der Waals surface area contributed by atoms with Gasteiger partial charge in [-0.15, -0.1) is 11.3 Å². The number of benzene rings is 2. The van der Waals surface area contributed by atoms with Crippen LogP contribution in [0.15, 0.2) is 46.3 Å². The molecule has 0 spiro atoms. The second-order valence-electron chi connectivity index (χ2n) is 7.99. The van der Waals surface area contributed by atoms with Gasteiger partial charge in [-0.2, -0.15) is 0 Å². The first kappa shape index (κ1) is 26.0. The van der Waals surface area contributed by atoms with E-state index < -0.39 is 5.97 Å². The van der Waals surface area contributed by atoms with Gasteiger partial charge in [-0.25, -0.2) is 4.79 Å². The number of aryl methyl sites for hydroxylation is 3. The van der Waals surface area contributed by atoms with Gasteiger partial charge in [-0.1, -0.05) is 31.2 Å². The van der Waals surface area contributed by atoms with Gasteiger partial charge in [0, 0.05) is 17.4 Å². The molecule has 3 rings (SSSR count). The summed E-state index contributed by atoms with van der Waals surface area (Å²) in [6.45, 7) is 8.64. The molecule has 0 saturated heterocycles. The maximum Gasteiger partial charge on any atom is 0.341 e. The second-order valence-corrected chi connectivity index (χ2v) is 9.73. The molecule has 0 bridgehead atoms. The summed E-state index contributed by atoms with van der Waals surface area (Å²) >= 11 is 4.87. The lowest BCUT2D eigenvalue weighted by molar-refractivity contribution is -0.116. The van der Waals surface area contributed by atoms with E-state index in [4.69, 9.17) is 9.47 Å². The fourth-order valence-electron chi connectivity index (χ4n) is 3.46. The molecule has 0 radical (unpaired) electrons. The zero-order valence-electron chi connectivity index (χ0n) is 20.0. The lowest BCUT2D eigenvalue weighted by atomic mass is 9.99. The second kappa shape index (κ2) is 12.2. The number of amides is 1. The molecule has 1 heterocycles. The van der Waals surface area contributed by atoms with E-state index in [0.717, 1.165) is 33.3 Å².